The highest BCUT2D eigenvalue weighted by Gasteiger charge is 2.43. The number of Topliss-reactive ketones (excluding diaryl/α,β-unsaturated/α-hetero) is 1. The van der Waals surface area contributed by atoms with E-state index in [1.54, 1.807) is 12.1 Å². The van der Waals surface area contributed by atoms with Gasteiger partial charge in [0, 0.05) is 48.0 Å². The van der Waals surface area contributed by atoms with E-state index in [9.17, 15) is 19.7 Å². The van der Waals surface area contributed by atoms with Gasteiger partial charge in [0.1, 0.15) is 0 Å². The summed E-state index contributed by atoms with van der Waals surface area (Å²) in [4.78, 5) is 38.8. The van der Waals surface area contributed by atoms with E-state index in [0.29, 0.717) is 23.1 Å². The summed E-state index contributed by atoms with van der Waals surface area (Å²) in [5.74, 6) is -1.06. The molecule has 2 aliphatic heterocycles. The van der Waals surface area contributed by atoms with Gasteiger partial charge in [0.2, 0.25) is 0 Å². The fourth-order valence-corrected chi connectivity index (χ4v) is 4.67. The number of nitrogens with zero attached hydrogens (tertiary/aromatic N) is 2. The van der Waals surface area contributed by atoms with Gasteiger partial charge in [0.25, 0.3) is 5.69 Å². The largest absolute Gasteiger partial charge is 0.466 e. The van der Waals surface area contributed by atoms with Gasteiger partial charge in [-0.2, -0.15) is 0 Å². The summed E-state index contributed by atoms with van der Waals surface area (Å²) >= 11 is 0. The van der Waals surface area contributed by atoms with Crippen LogP contribution in [0.2, 0.25) is 0 Å². The van der Waals surface area contributed by atoms with Crippen LogP contribution in [0.3, 0.4) is 0 Å². The van der Waals surface area contributed by atoms with E-state index in [1.807, 2.05) is 0 Å². The molecule has 1 aromatic carbocycles. The number of carbonyl (C=O) groups excluding carboxylic acids is 2. The fraction of sp³-hybridized carbons (Fsp3) is 0.429. The lowest BCUT2D eigenvalue weighted by Gasteiger charge is -2.44. The third-order valence-corrected chi connectivity index (χ3v) is 5.83. The van der Waals surface area contributed by atoms with Gasteiger partial charge in [-0.3, -0.25) is 14.9 Å². The first-order valence-electron chi connectivity index (χ1n) is 9.62. The van der Waals surface area contributed by atoms with E-state index >= 15 is 0 Å². The van der Waals surface area contributed by atoms with E-state index in [4.69, 9.17) is 4.74 Å². The van der Waals surface area contributed by atoms with Crippen LogP contribution in [0.4, 0.5) is 5.69 Å². The molecule has 1 unspecified atom stereocenters. The molecule has 1 atom stereocenters. The molecule has 0 bridgehead atoms. The Balaban J connectivity index is 1.96. The Labute approximate surface area is 162 Å². The first-order valence-corrected chi connectivity index (χ1v) is 9.62. The van der Waals surface area contributed by atoms with Crippen LogP contribution in [0.5, 0.6) is 0 Å². The van der Waals surface area contributed by atoms with Crippen molar-refractivity contribution in [3.8, 4) is 0 Å². The molecule has 146 valence electrons. The number of ether oxygens (including phenoxy) is 1. The lowest BCUT2D eigenvalue weighted by atomic mass is 9.73. The van der Waals surface area contributed by atoms with Crippen LogP contribution in [0.15, 0.2) is 46.8 Å². The van der Waals surface area contributed by atoms with Crippen molar-refractivity contribution in [3.05, 3.63) is 62.5 Å². The zero-order valence-electron chi connectivity index (χ0n) is 15.8. The SMILES string of the molecule is COC(=O)C1=C2CCCCN2C2=C(C(=O)CCC2)C1c1cccc([N+](=O)[O-])c1. The highest BCUT2D eigenvalue weighted by atomic mass is 16.6. The van der Waals surface area contributed by atoms with Crippen LogP contribution in [-0.2, 0) is 14.3 Å². The van der Waals surface area contributed by atoms with Crippen molar-refractivity contribution in [1.29, 1.82) is 0 Å². The third-order valence-electron chi connectivity index (χ3n) is 5.83. The summed E-state index contributed by atoms with van der Waals surface area (Å²) in [6, 6.07) is 6.25. The van der Waals surface area contributed by atoms with Gasteiger partial charge in [-0.25, -0.2) is 4.79 Å². The molecule has 3 aliphatic rings. The van der Waals surface area contributed by atoms with Crippen LogP contribution in [0.25, 0.3) is 0 Å². The Kier molecular flexibility index (Phi) is 4.75. The normalized spacial score (nSPS) is 22.0. The third kappa shape index (κ3) is 2.91. The van der Waals surface area contributed by atoms with Crippen molar-refractivity contribution < 1.29 is 19.2 Å². The van der Waals surface area contributed by atoms with E-state index in [2.05, 4.69) is 4.90 Å². The molecule has 7 nitrogen and oxygen atoms in total. The van der Waals surface area contributed by atoms with E-state index in [1.165, 1.54) is 19.2 Å². The van der Waals surface area contributed by atoms with Gasteiger partial charge >= 0.3 is 5.97 Å². The summed E-state index contributed by atoms with van der Waals surface area (Å²) in [5, 5.41) is 11.3. The molecule has 1 saturated heterocycles. The minimum Gasteiger partial charge on any atom is -0.466 e. The summed E-state index contributed by atoms with van der Waals surface area (Å²) in [6.45, 7) is 0.781. The maximum atomic E-state index is 13.0. The Bertz CT molecular complexity index is 930. The van der Waals surface area contributed by atoms with Crippen LogP contribution in [-0.4, -0.2) is 35.2 Å². The maximum Gasteiger partial charge on any atom is 0.336 e. The summed E-state index contributed by atoms with van der Waals surface area (Å²) in [7, 11) is 1.33. The molecule has 7 heteroatoms. The number of hydrogen-bond acceptors (Lipinski definition) is 6. The van der Waals surface area contributed by atoms with Gasteiger partial charge in [-0.05, 0) is 37.7 Å². The number of piperidine rings is 1. The standard InChI is InChI=1S/C21H22N2O5/c1-28-21(25)20-16-8-2-3-11-22(16)15-9-5-10-17(24)19(15)18(20)13-6-4-7-14(12-13)23(26)27/h4,6-7,12,18H,2-3,5,8-11H2,1H3. The Morgan fingerprint density at radius 1 is 1.18 bits per heavy atom. The highest BCUT2D eigenvalue weighted by Crippen LogP contribution is 2.48. The lowest BCUT2D eigenvalue weighted by molar-refractivity contribution is -0.384. The van der Waals surface area contributed by atoms with Crippen LogP contribution >= 0.6 is 0 Å². The van der Waals surface area contributed by atoms with Gasteiger partial charge in [-0.1, -0.05) is 12.1 Å². The molecule has 0 aromatic heterocycles. The molecule has 0 spiro atoms. The van der Waals surface area contributed by atoms with E-state index in [-0.39, 0.29) is 11.5 Å². The first kappa shape index (κ1) is 18.4. The zero-order valence-corrected chi connectivity index (χ0v) is 15.8. The van der Waals surface area contributed by atoms with Gasteiger partial charge < -0.3 is 9.64 Å². The van der Waals surface area contributed by atoms with Crippen LogP contribution in [0, 0.1) is 10.1 Å². The van der Waals surface area contributed by atoms with E-state index < -0.39 is 16.8 Å². The van der Waals surface area contributed by atoms with Gasteiger partial charge in [0.15, 0.2) is 5.78 Å². The number of fused-ring (bicyclic) bond motifs is 2. The topological polar surface area (TPSA) is 89.8 Å². The second-order valence-electron chi connectivity index (χ2n) is 7.38. The molecular formula is C21H22N2O5. The number of non-ortho nitro benzene ring substituents is 1. The average molecular weight is 382 g/mol. The minimum absolute atomic E-state index is 0.0174. The van der Waals surface area contributed by atoms with Crippen molar-refractivity contribution in [3.63, 3.8) is 0 Å². The number of hydrogen-bond donors (Lipinski definition) is 0. The summed E-state index contributed by atoms with van der Waals surface area (Å²) < 4.78 is 5.09. The number of benzene rings is 1. The van der Waals surface area contributed by atoms with Gasteiger partial charge in [0.05, 0.1) is 17.6 Å². The molecule has 28 heavy (non-hydrogen) atoms. The number of esters is 1. The number of nitro benzene ring substituents is 1. The average Bonchev–Trinajstić information content (AvgIpc) is 2.72. The predicted octanol–water partition coefficient (Wildman–Crippen LogP) is 3.61. The number of methoxy groups -OCH3 is 1. The monoisotopic (exact) mass is 382 g/mol. The Morgan fingerprint density at radius 3 is 2.71 bits per heavy atom. The smallest absolute Gasteiger partial charge is 0.336 e. The summed E-state index contributed by atoms with van der Waals surface area (Å²) in [6.07, 6.45) is 4.71. The van der Waals surface area contributed by atoms with Gasteiger partial charge in [-0.15, -0.1) is 0 Å². The highest BCUT2D eigenvalue weighted by molar-refractivity contribution is 6.03. The van der Waals surface area contributed by atoms with Crippen molar-refractivity contribution >= 4 is 17.4 Å². The van der Waals surface area contributed by atoms with Crippen molar-refractivity contribution in [2.75, 3.05) is 13.7 Å². The lowest BCUT2D eigenvalue weighted by Crippen LogP contribution is -2.40. The molecular weight excluding hydrogens is 360 g/mol. The number of nitro groups is 1. The molecule has 0 radical (unpaired) electrons. The first-order chi connectivity index (χ1) is 13.5. The Hall–Kier alpha value is -2.96. The van der Waals surface area contributed by atoms with Crippen molar-refractivity contribution in [2.45, 2.75) is 44.4 Å². The van der Waals surface area contributed by atoms with E-state index in [0.717, 1.165) is 50.0 Å². The molecule has 1 aliphatic carbocycles. The van der Waals surface area contributed by atoms with Crippen LogP contribution < -0.4 is 0 Å². The molecule has 1 fully saturated rings. The minimum atomic E-state index is -0.612. The molecule has 2 heterocycles. The number of ketones is 1. The second-order valence-corrected chi connectivity index (χ2v) is 7.38. The van der Waals surface area contributed by atoms with Crippen molar-refractivity contribution in [1.82, 2.24) is 4.90 Å². The molecule has 0 amide bonds. The molecule has 1 aromatic rings. The number of carbonyl (C=O) groups is 2. The molecule has 0 saturated carbocycles. The maximum absolute atomic E-state index is 13.0. The predicted molar refractivity (Wildman–Crippen MR) is 101 cm³/mol. The van der Waals surface area contributed by atoms with Crippen LogP contribution in [0.1, 0.15) is 50.0 Å². The molecule has 4 rings (SSSR count). The number of rotatable bonds is 3. The van der Waals surface area contributed by atoms with Crippen molar-refractivity contribution in [2.24, 2.45) is 0 Å². The summed E-state index contributed by atoms with van der Waals surface area (Å²) in [5.41, 5.74) is 3.49. The Morgan fingerprint density at radius 2 is 1.96 bits per heavy atom. The second kappa shape index (κ2) is 7.22. The number of allylic oxidation sites excluding steroid dienone is 3. The zero-order chi connectivity index (χ0) is 19.8. The fourth-order valence-electron chi connectivity index (χ4n) is 4.67. The molecule has 0 N–H and O–H groups in total. The quantitative estimate of drug-likeness (QED) is 0.451.